The summed E-state index contributed by atoms with van der Waals surface area (Å²) in [5.41, 5.74) is -0.368. The summed E-state index contributed by atoms with van der Waals surface area (Å²) in [5.74, 6) is 0. The van der Waals surface area contributed by atoms with Crippen LogP contribution in [0.1, 0.15) is 12.8 Å². The number of aliphatic hydroxyl groups is 3. The third kappa shape index (κ3) is 3.73. The first kappa shape index (κ1) is 15.8. The zero-order valence-corrected chi connectivity index (χ0v) is 12.2. The Hall–Kier alpha value is -0.600. The number of ether oxygens (including phenoxy) is 1. The van der Waals surface area contributed by atoms with Crippen LogP contribution in [-0.4, -0.2) is 75.4 Å². The highest BCUT2D eigenvalue weighted by atomic mass is 32.2. The van der Waals surface area contributed by atoms with Gasteiger partial charge in [-0.2, -0.15) is 0 Å². The topological polar surface area (TPSA) is 85.5 Å². The van der Waals surface area contributed by atoms with E-state index in [0.29, 0.717) is 6.42 Å². The maximum atomic E-state index is 9.84. The minimum atomic E-state index is -0.942. The van der Waals surface area contributed by atoms with Gasteiger partial charge in [0.1, 0.15) is 17.6 Å². The van der Waals surface area contributed by atoms with Gasteiger partial charge in [0.15, 0.2) is 5.17 Å². The smallest absolute Gasteiger partial charge is 0.162 e. The highest BCUT2D eigenvalue weighted by Gasteiger charge is 2.39. The van der Waals surface area contributed by atoms with Gasteiger partial charge < -0.3 is 25.0 Å². The molecular formula is C13H22N2O4S. The second-order valence-corrected chi connectivity index (χ2v) is 6.06. The minimum Gasteiger partial charge on any atom is -0.394 e. The highest BCUT2D eigenvalue weighted by molar-refractivity contribution is 8.14. The molecule has 0 bridgehead atoms. The van der Waals surface area contributed by atoms with Gasteiger partial charge in [-0.15, -0.1) is 6.58 Å². The van der Waals surface area contributed by atoms with Gasteiger partial charge in [0.2, 0.25) is 0 Å². The molecule has 0 aliphatic carbocycles. The Morgan fingerprint density at radius 2 is 2.25 bits per heavy atom. The molecule has 2 rings (SSSR count). The van der Waals surface area contributed by atoms with E-state index in [1.54, 1.807) is 6.08 Å². The first-order valence-electron chi connectivity index (χ1n) is 6.84. The Balaban J connectivity index is 1.91. The summed E-state index contributed by atoms with van der Waals surface area (Å²) in [6, 6.07) is -0.489. The molecule has 0 saturated carbocycles. The van der Waals surface area contributed by atoms with Crippen LogP contribution in [0.2, 0.25) is 0 Å². The molecule has 20 heavy (non-hydrogen) atoms. The fourth-order valence-electron chi connectivity index (χ4n) is 2.03. The largest absolute Gasteiger partial charge is 0.394 e. The zero-order valence-electron chi connectivity index (χ0n) is 11.4. The van der Waals surface area contributed by atoms with Crippen LogP contribution in [-0.2, 0) is 4.74 Å². The van der Waals surface area contributed by atoms with Crippen molar-refractivity contribution in [1.29, 1.82) is 0 Å². The highest BCUT2D eigenvalue weighted by Crippen LogP contribution is 2.33. The van der Waals surface area contributed by atoms with Gasteiger partial charge in [-0.3, -0.25) is 4.99 Å². The van der Waals surface area contributed by atoms with Crippen LogP contribution in [0.3, 0.4) is 0 Å². The molecule has 4 unspecified atom stereocenters. The van der Waals surface area contributed by atoms with Gasteiger partial charge >= 0.3 is 0 Å². The lowest BCUT2D eigenvalue weighted by molar-refractivity contribution is -0.0110. The van der Waals surface area contributed by atoms with Crippen molar-refractivity contribution < 1.29 is 20.1 Å². The molecule has 2 aliphatic rings. The Bertz CT molecular complexity index is 362. The lowest BCUT2D eigenvalue weighted by Gasteiger charge is -2.32. The lowest BCUT2D eigenvalue weighted by atomic mass is 10.2. The fraction of sp³-hybridized carbons (Fsp3) is 0.769. The monoisotopic (exact) mass is 302 g/mol. The zero-order chi connectivity index (χ0) is 14.5. The average Bonchev–Trinajstić information content (AvgIpc) is 2.77. The number of likely N-dealkylation sites (tertiary alicyclic amines) is 1. The number of hydrogen-bond acceptors (Lipinski definition) is 7. The van der Waals surface area contributed by atoms with Gasteiger partial charge in [0, 0.05) is 13.1 Å². The SMILES string of the molecule is C=CCC(O)COC1SC(N2CCC2)=NC1C(O)CO. The molecule has 0 spiro atoms. The van der Waals surface area contributed by atoms with Crippen molar-refractivity contribution in [2.45, 2.75) is 36.5 Å². The minimum absolute atomic E-state index is 0.168. The van der Waals surface area contributed by atoms with E-state index in [2.05, 4.69) is 16.5 Å². The fourth-order valence-corrected chi connectivity index (χ4v) is 3.28. The van der Waals surface area contributed by atoms with Crippen LogP contribution < -0.4 is 0 Å². The van der Waals surface area contributed by atoms with Gasteiger partial charge in [0.25, 0.3) is 0 Å². The van der Waals surface area contributed by atoms with Crippen molar-refractivity contribution in [3.05, 3.63) is 12.7 Å². The van der Waals surface area contributed by atoms with Crippen LogP contribution >= 0.6 is 11.8 Å². The van der Waals surface area contributed by atoms with E-state index < -0.39 is 18.2 Å². The van der Waals surface area contributed by atoms with E-state index in [9.17, 15) is 10.2 Å². The molecule has 7 heteroatoms. The molecule has 2 heterocycles. The molecule has 1 saturated heterocycles. The van der Waals surface area contributed by atoms with Crippen molar-refractivity contribution in [3.8, 4) is 0 Å². The summed E-state index contributed by atoms with van der Waals surface area (Å²) in [6.07, 6.45) is 1.70. The van der Waals surface area contributed by atoms with Crippen molar-refractivity contribution in [1.82, 2.24) is 4.90 Å². The van der Waals surface area contributed by atoms with Crippen molar-refractivity contribution in [2.24, 2.45) is 4.99 Å². The van der Waals surface area contributed by atoms with Crippen LogP contribution in [0.15, 0.2) is 17.6 Å². The van der Waals surface area contributed by atoms with Crippen LogP contribution in [0.4, 0.5) is 0 Å². The second kappa shape index (κ2) is 7.42. The Morgan fingerprint density at radius 1 is 1.50 bits per heavy atom. The van der Waals surface area contributed by atoms with Crippen LogP contribution in [0.25, 0.3) is 0 Å². The Labute approximate surface area is 123 Å². The number of nitrogens with zero attached hydrogens (tertiary/aromatic N) is 2. The summed E-state index contributed by atoms with van der Waals surface area (Å²) >= 11 is 1.45. The van der Waals surface area contributed by atoms with Crippen LogP contribution in [0, 0.1) is 0 Å². The first-order chi connectivity index (χ1) is 9.65. The predicted octanol–water partition coefficient (Wildman–Crippen LogP) is -0.204. The van der Waals surface area contributed by atoms with E-state index in [4.69, 9.17) is 9.84 Å². The number of amidine groups is 1. The van der Waals surface area contributed by atoms with E-state index in [1.807, 2.05) is 0 Å². The Morgan fingerprint density at radius 3 is 2.80 bits per heavy atom. The third-order valence-electron chi connectivity index (χ3n) is 3.36. The second-order valence-electron chi connectivity index (χ2n) is 4.99. The van der Waals surface area contributed by atoms with E-state index >= 15 is 0 Å². The summed E-state index contributed by atoms with van der Waals surface area (Å²) in [4.78, 5) is 6.59. The number of hydrogen-bond donors (Lipinski definition) is 3. The summed E-state index contributed by atoms with van der Waals surface area (Å²) in [6.45, 7) is 5.33. The molecule has 0 radical (unpaired) electrons. The number of aliphatic imine (C=N–C) groups is 1. The molecule has 6 nitrogen and oxygen atoms in total. The molecule has 3 N–H and O–H groups in total. The molecule has 1 fully saturated rings. The molecule has 114 valence electrons. The number of thioether (sulfide) groups is 1. The predicted molar refractivity (Wildman–Crippen MR) is 78.7 cm³/mol. The van der Waals surface area contributed by atoms with Gasteiger partial charge in [-0.25, -0.2) is 0 Å². The van der Waals surface area contributed by atoms with Gasteiger partial charge in [-0.05, 0) is 12.8 Å². The lowest BCUT2D eigenvalue weighted by Crippen LogP contribution is -2.40. The summed E-state index contributed by atoms with van der Waals surface area (Å²) in [5, 5.41) is 29.5. The van der Waals surface area contributed by atoms with Crippen molar-refractivity contribution in [2.75, 3.05) is 26.3 Å². The maximum absolute atomic E-state index is 9.84. The normalized spacial score (nSPS) is 28.8. The molecular weight excluding hydrogens is 280 g/mol. The third-order valence-corrected chi connectivity index (χ3v) is 4.58. The van der Waals surface area contributed by atoms with E-state index in [-0.39, 0.29) is 18.6 Å². The molecule has 0 amide bonds. The maximum Gasteiger partial charge on any atom is 0.162 e. The van der Waals surface area contributed by atoms with Crippen molar-refractivity contribution in [3.63, 3.8) is 0 Å². The number of rotatable bonds is 7. The van der Waals surface area contributed by atoms with E-state index in [0.717, 1.165) is 24.7 Å². The average molecular weight is 302 g/mol. The standard InChI is InChI=1S/C13H22N2O4S/c1-2-4-9(17)8-19-12-11(10(18)7-16)14-13(20-12)15-5-3-6-15/h2,9-12,16-18H,1,3-8H2. The van der Waals surface area contributed by atoms with Crippen LogP contribution in [0.5, 0.6) is 0 Å². The first-order valence-corrected chi connectivity index (χ1v) is 7.72. The van der Waals surface area contributed by atoms with Crippen molar-refractivity contribution >= 4 is 16.9 Å². The van der Waals surface area contributed by atoms with Gasteiger partial charge in [-0.1, -0.05) is 17.8 Å². The number of aliphatic hydroxyl groups excluding tert-OH is 3. The molecule has 0 aromatic heterocycles. The summed E-state index contributed by atoms with van der Waals surface area (Å²) < 4.78 is 5.65. The Kier molecular flexibility index (Phi) is 5.86. The summed E-state index contributed by atoms with van der Waals surface area (Å²) in [7, 11) is 0. The quantitative estimate of drug-likeness (QED) is 0.565. The molecule has 0 aromatic rings. The molecule has 4 atom stereocenters. The molecule has 0 aromatic carbocycles. The molecule has 2 aliphatic heterocycles. The van der Waals surface area contributed by atoms with E-state index in [1.165, 1.54) is 11.8 Å². The van der Waals surface area contributed by atoms with Gasteiger partial charge in [0.05, 0.1) is 19.3 Å².